The molecular formula is C14H15BrN2O3. The number of halogens is 1. The zero-order valence-electron chi connectivity index (χ0n) is 11.2. The lowest BCUT2D eigenvalue weighted by Crippen LogP contribution is -2.15. The number of rotatable bonds is 4. The number of aromatic nitrogens is 2. The Labute approximate surface area is 124 Å². The van der Waals surface area contributed by atoms with Gasteiger partial charge in [-0.05, 0) is 24.6 Å². The average Bonchev–Trinajstić information content (AvgIpc) is 2.43. The van der Waals surface area contributed by atoms with Crippen LogP contribution in [0, 0.1) is 0 Å². The van der Waals surface area contributed by atoms with Crippen molar-refractivity contribution < 1.29 is 9.84 Å². The lowest BCUT2D eigenvalue weighted by Gasteiger charge is -2.08. The molecule has 0 aliphatic rings. The Morgan fingerprint density at radius 2 is 2.20 bits per heavy atom. The van der Waals surface area contributed by atoms with Crippen molar-refractivity contribution >= 4 is 15.9 Å². The molecule has 0 spiro atoms. The molecule has 1 aromatic heterocycles. The van der Waals surface area contributed by atoms with Gasteiger partial charge >= 0.3 is 0 Å². The Morgan fingerprint density at radius 1 is 1.45 bits per heavy atom. The highest BCUT2D eigenvalue weighted by molar-refractivity contribution is 9.10. The summed E-state index contributed by atoms with van der Waals surface area (Å²) in [6, 6.07) is 5.32. The van der Waals surface area contributed by atoms with Crippen molar-refractivity contribution in [2.24, 2.45) is 0 Å². The Bertz CT molecular complexity index is 683. The summed E-state index contributed by atoms with van der Waals surface area (Å²) in [4.78, 5) is 18.8. The van der Waals surface area contributed by atoms with E-state index in [0.717, 1.165) is 10.9 Å². The zero-order valence-corrected chi connectivity index (χ0v) is 12.8. The first kappa shape index (κ1) is 14.6. The number of nitrogens with zero attached hydrogens (tertiary/aromatic N) is 1. The second-order valence-electron chi connectivity index (χ2n) is 4.31. The standard InChI is InChI=1S/C14H15BrN2O3/c1-3-4-9-13(18)16-12(17-14(9)19)10-7-8(20-2)5-6-11(10)15/h5-7H,3-4H2,1-2H3,(H2,16,17,18,19). The van der Waals surface area contributed by atoms with E-state index in [1.54, 1.807) is 25.3 Å². The van der Waals surface area contributed by atoms with Crippen LogP contribution in [0.15, 0.2) is 27.5 Å². The van der Waals surface area contributed by atoms with Crippen LogP contribution < -0.4 is 10.3 Å². The number of ether oxygens (including phenoxy) is 1. The van der Waals surface area contributed by atoms with Crippen LogP contribution in [-0.4, -0.2) is 22.2 Å². The lowest BCUT2D eigenvalue weighted by molar-refractivity contribution is 0.415. The molecule has 0 unspecified atom stereocenters. The minimum atomic E-state index is -0.316. The van der Waals surface area contributed by atoms with Gasteiger partial charge in [0.15, 0.2) is 0 Å². The van der Waals surface area contributed by atoms with Gasteiger partial charge in [-0.3, -0.25) is 4.79 Å². The van der Waals surface area contributed by atoms with Crippen LogP contribution in [0.3, 0.4) is 0 Å². The zero-order chi connectivity index (χ0) is 14.7. The number of methoxy groups -OCH3 is 1. The molecule has 0 fully saturated rings. The van der Waals surface area contributed by atoms with E-state index in [-0.39, 0.29) is 11.4 Å². The van der Waals surface area contributed by atoms with Gasteiger partial charge in [0.2, 0.25) is 5.88 Å². The fourth-order valence-corrected chi connectivity index (χ4v) is 2.34. The Morgan fingerprint density at radius 3 is 2.80 bits per heavy atom. The van der Waals surface area contributed by atoms with Crippen LogP contribution in [-0.2, 0) is 6.42 Å². The molecule has 5 nitrogen and oxygen atoms in total. The van der Waals surface area contributed by atoms with Gasteiger partial charge < -0.3 is 14.8 Å². The average molecular weight is 339 g/mol. The Balaban J connectivity index is 2.56. The molecule has 0 aliphatic heterocycles. The van der Waals surface area contributed by atoms with Crippen LogP contribution in [0.1, 0.15) is 18.9 Å². The van der Waals surface area contributed by atoms with Crippen molar-refractivity contribution in [3.63, 3.8) is 0 Å². The molecule has 1 heterocycles. The fraction of sp³-hybridized carbons (Fsp3) is 0.286. The molecule has 2 aromatic rings. The number of nitrogens with one attached hydrogen (secondary N) is 1. The van der Waals surface area contributed by atoms with E-state index >= 15 is 0 Å². The van der Waals surface area contributed by atoms with E-state index in [9.17, 15) is 9.90 Å². The summed E-state index contributed by atoms with van der Waals surface area (Å²) in [5.74, 6) is 0.724. The molecule has 0 radical (unpaired) electrons. The quantitative estimate of drug-likeness (QED) is 0.898. The van der Waals surface area contributed by atoms with Crippen molar-refractivity contribution in [2.45, 2.75) is 19.8 Å². The number of aromatic amines is 1. The van der Waals surface area contributed by atoms with Crippen LogP contribution in [0.25, 0.3) is 11.4 Å². The maximum atomic E-state index is 12.0. The predicted octanol–water partition coefficient (Wildman–Crippen LogP) is 2.87. The van der Waals surface area contributed by atoms with Gasteiger partial charge in [-0.2, -0.15) is 4.98 Å². The number of H-pyrrole nitrogens is 1. The van der Waals surface area contributed by atoms with E-state index < -0.39 is 0 Å². The molecule has 0 amide bonds. The van der Waals surface area contributed by atoms with Gasteiger partial charge in [0, 0.05) is 10.0 Å². The second-order valence-corrected chi connectivity index (χ2v) is 5.17. The molecule has 0 bridgehead atoms. The third-order valence-corrected chi connectivity index (χ3v) is 3.61. The number of hydrogen-bond donors (Lipinski definition) is 2. The summed E-state index contributed by atoms with van der Waals surface area (Å²) in [6.45, 7) is 1.94. The Kier molecular flexibility index (Phi) is 4.44. The van der Waals surface area contributed by atoms with Crippen molar-refractivity contribution in [3.8, 4) is 23.0 Å². The summed E-state index contributed by atoms with van der Waals surface area (Å²) < 4.78 is 5.90. The highest BCUT2D eigenvalue weighted by atomic mass is 79.9. The Hall–Kier alpha value is -1.82. The first-order valence-electron chi connectivity index (χ1n) is 6.22. The third kappa shape index (κ3) is 2.85. The van der Waals surface area contributed by atoms with E-state index in [2.05, 4.69) is 25.9 Å². The molecule has 1 aromatic carbocycles. The molecule has 0 saturated heterocycles. The maximum absolute atomic E-state index is 12.0. The summed E-state index contributed by atoms with van der Waals surface area (Å²) in [5.41, 5.74) is 0.652. The van der Waals surface area contributed by atoms with Gasteiger partial charge in [-0.1, -0.05) is 29.3 Å². The molecule has 0 saturated carbocycles. The van der Waals surface area contributed by atoms with Crippen LogP contribution >= 0.6 is 15.9 Å². The van der Waals surface area contributed by atoms with Gasteiger partial charge in [0.25, 0.3) is 5.56 Å². The van der Waals surface area contributed by atoms with Crippen molar-refractivity contribution in [2.75, 3.05) is 7.11 Å². The monoisotopic (exact) mass is 338 g/mol. The molecule has 106 valence electrons. The number of benzene rings is 1. The van der Waals surface area contributed by atoms with E-state index in [1.165, 1.54) is 0 Å². The molecule has 0 aliphatic carbocycles. The molecule has 6 heteroatoms. The van der Waals surface area contributed by atoms with Gasteiger partial charge in [-0.25, -0.2) is 0 Å². The minimum Gasteiger partial charge on any atom is -0.497 e. The SMILES string of the molecule is CCCc1c(O)nc(-c2cc(OC)ccc2Br)[nH]c1=O. The number of hydrogen-bond acceptors (Lipinski definition) is 4. The van der Waals surface area contributed by atoms with Crippen molar-refractivity contribution in [1.82, 2.24) is 9.97 Å². The maximum Gasteiger partial charge on any atom is 0.258 e. The molecule has 2 rings (SSSR count). The van der Waals surface area contributed by atoms with Crippen LogP contribution in [0.2, 0.25) is 0 Å². The first-order valence-corrected chi connectivity index (χ1v) is 7.02. The highest BCUT2D eigenvalue weighted by Crippen LogP contribution is 2.30. The summed E-state index contributed by atoms with van der Waals surface area (Å²) >= 11 is 3.40. The molecule has 0 atom stereocenters. The van der Waals surface area contributed by atoms with E-state index in [0.29, 0.717) is 29.1 Å². The van der Waals surface area contributed by atoms with Gasteiger partial charge in [0.1, 0.15) is 11.6 Å². The predicted molar refractivity (Wildman–Crippen MR) is 80.2 cm³/mol. The smallest absolute Gasteiger partial charge is 0.258 e. The van der Waals surface area contributed by atoms with Gasteiger partial charge in [-0.15, -0.1) is 0 Å². The topological polar surface area (TPSA) is 75.2 Å². The second kappa shape index (κ2) is 6.09. The highest BCUT2D eigenvalue weighted by Gasteiger charge is 2.13. The molecule has 2 N–H and O–H groups in total. The fourth-order valence-electron chi connectivity index (χ4n) is 1.90. The molecular weight excluding hydrogens is 324 g/mol. The largest absolute Gasteiger partial charge is 0.497 e. The lowest BCUT2D eigenvalue weighted by atomic mass is 10.1. The third-order valence-electron chi connectivity index (χ3n) is 2.92. The van der Waals surface area contributed by atoms with Crippen molar-refractivity contribution in [3.05, 3.63) is 38.6 Å². The number of aromatic hydroxyl groups is 1. The normalized spacial score (nSPS) is 10.6. The van der Waals surface area contributed by atoms with Crippen LogP contribution in [0.5, 0.6) is 11.6 Å². The van der Waals surface area contributed by atoms with E-state index in [4.69, 9.17) is 4.74 Å². The van der Waals surface area contributed by atoms with Crippen LogP contribution in [0.4, 0.5) is 0 Å². The summed E-state index contributed by atoms with van der Waals surface area (Å²) in [6.07, 6.45) is 1.26. The summed E-state index contributed by atoms with van der Waals surface area (Å²) in [5, 5.41) is 9.90. The summed E-state index contributed by atoms with van der Waals surface area (Å²) in [7, 11) is 1.56. The van der Waals surface area contributed by atoms with Crippen molar-refractivity contribution in [1.29, 1.82) is 0 Å². The minimum absolute atomic E-state index is 0.222. The van der Waals surface area contributed by atoms with E-state index in [1.807, 2.05) is 6.92 Å². The first-order chi connectivity index (χ1) is 9.56. The van der Waals surface area contributed by atoms with Gasteiger partial charge in [0.05, 0.1) is 12.7 Å². The molecule has 20 heavy (non-hydrogen) atoms.